The van der Waals surface area contributed by atoms with E-state index in [-0.39, 0.29) is 0 Å². The molecule has 1 aromatic rings. The monoisotopic (exact) mass is 376 g/mol. The number of carbonyl (C=O) groups is 1. The molecule has 1 fully saturated rings. The second kappa shape index (κ2) is 5.58. The first-order valence-corrected chi connectivity index (χ1v) is 7.22. The second-order valence-electron chi connectivity index (χ2n) is 5.05. The molecule has 0 aromatic carbocycles. The molecule has 0 atom stereocenters. The van der Waals surface area contributed by atoms with Crippen LogP contribution in [0.5, 0.6) is 0 Å². The van der Waals surface area contributed by atoms with E-state index in [0.717, 1.165) is 22.6 Å². The third-order valence-electron chi connectivity index (χ3n) is 3.54. The number of piperazine rings is 1. The number of nitrogens with zero attached hydrogens (tertiary/aromatic N) is 4. The molecule has 2 heterocycles. The van der Waals surface area contributed by atoms with Crippen molar-refractivity contribution in [2.45, 2.75) is 19.4 Å². The molecular formula is C12H17IN4O2. The van der Waals surface area contributed by atoms with Gasteiger partial charge in [-0.2, -0.15) is 0 Å². The summed E-state index contributed by atoms with van der Waals surface area (Å²) in [6.07, 6.45) is 0. The first-order chi connectivity index (χ1) is 8.91. The fourth-order valence-electron chi connectivity index (χ4n) is 2.11. The lowest BCUT2D eigenvalue weighted by molar-refractivity contribution is -0.149. The molecule has 19 heavy (non-hydrogen) atoms. The van der Waals surface area contributed by atoms with Gasteiger partial charge in [0.15, 0.2) is 5.82 Å². The van der Waals surface area contributed by atoms with Gasteiger partial charge in [-0.15, -0.1) is 10.2 Å². The third kappa shape index (κ3) is 3.14. The van der Waals surface area contributed by atoms with Gasteiger partial charge in [0, 0.05) is 26.2 Å². The van der Waals surface area contributed by atoms with Gasteiger partial charge in [-0.05, 0) is 48.6 Å². The number of carboxylic acids is 1. The highest BCUT2D eigenvalue weighted by atomic mass is 127. The Labute approximate surface area is 125 Å². The molecule has 0 unspecified atom stereocenters. The molecule has 1 aliphatic heterocycles. The number of halogens is 1. The Morgan fingerprint density at radius 2 is 1.89 bits per heavy atom. The molecule has 0 saturated carbocycles. The average molecular weight is 376 g/mol. The van der Waals surface area contributed by atoms with E-state index in [4.69, 9.17) is 0 Å². The maximum Gasteiger partial charge on any atom is 0.323 e. The summed E-state index contributed by atoms with van der Waals surface area (Å²) in [7, 11) is 0. The minimum atomic E-state index is -0.816. The topological polar surface area (TPSA) is 69.6 Å². The van der Waals surface area contributed by atoms with Crippen molar-refractivity contribution in [3.05, 3.63) is 15.8 Å². The quantitative estimate of drug-likeness (QED) is 0.796. The maximum absolute atomic E-state index is 11.2. The Morgan fingerprint density at radius 3 is 2.37 bits per heavy atom. The molecule has 1 N–H and O–H groups in total. The standard InChI is InChI=1S/C12H17IN4O2/c1-12(2,11(18)19)17-7-5-16(6-8-17)10-4-3-9(13)14-15-10/h3-4H,5-8H2,1-2H3,(H,18,19). The number of carboxylic acid groups (broad SMARTS) is 1. The predicted octanol–water partition coefficient (Wildman–Crippen LogP) is 1.07. The van der Waals surface area contributed by atoms with Gasteiger partial charge in [-0.25, -0.2) is 0 Å². The molecule has 2 rings (SSSR count). The number of aliphatic carboxylic acids is 1. The van der Waals surface area contributed by atoms with Crippen LogP contribution >= 0.6 is 22.6 Å². The summed E-state index contributed by atoms with van der Waals surface area (Å²) in [6, 6.07) is 3.88. The lowest BCUT2D eigenvalue weighted by Crippen LogP contribution is -2.58. The Balaban J connectivity index is 1.99. The summed E-state index contributed by atoms with van der Waals surface area (Å²) in [4.78, 5) is 15.4. The Morgan fingerprint density at radius 1 is 1.26 bits per heavy atom. The summed E-state index contributed by atoms with van der Waals surface area (Å²) in [5.74, 6) is 0.0724. The van der Waals surface area contributed by atoms with Crippen LogP contribution in [0.2, 0.25) is 0 Å². The van der Waals surface area contributed by atoms with Crippen molar-refractivity contribution in [2.75, 3.05) is 31.1 Å². The van der Waals surface area contributed by atoms with Crippen molar-refractivity contribution in [1.82, 2.24) is 15.1 Å². The SMILES string of the molecule is CC(C)(C(=O)O)N1CCN(c2ccc(I)nn2)CC1. The zero-order valence-corrected chi connectivity index (χ0v) is 13.2. The van der Waals surface area contributed by atoms with Crippen molar-refractivity contribution in [2.24, 2.45) is 0 Å². The zero-order chi connectivity index (χ0) is 14.0. The molecule has 0 radical (unpaired) electrons. The van der Waals surface area contributed by atoms with Gasteiger partial charge in [0.2, 0.25) is 0 Å². The van der Waals surface area contributed by atoms with Gasteiger partial charge in [0.25, 0.3) is 0 Å². The molecule has 1 aromatic heterocycles. The number of anilines is 1. The molecule has 1 aliphatic rings. The van der Waals surface area contributed by atoms with E-state index < -0.39 is 11.5 Å². The first kappa shape index (κ1) is 14.4. The maximum atomic E-state index is 11.2. The van der Waals surface area contributed by atoms with E-state index in [2.05, 4.69) is 37.7 Å². The fourth-order valence-corrected chi connectivity index (χ4v) is 2.40. The van der Waals surface area contributed by atoms with Crippen molar-refractivity contribution in [1.29, 1.82) is 0 Å². The lowest BCUT2D eigenvalue weighted by Gasteiger charge is -2.41. The molecule has 0 bridgehead atoms. The fraction of sp³-hybridized carbons (Fsp3) is 0.583. The normalized spacial score (nSPS) is 17.5. The summed E-state index contributed by atoms with van der Waals surface area (Å²) in [6.45, 7) is 6.46. The van der Waals surface area contributed by atoms with Crippen LogP contribution in [-0.2, 0) is 4.79 Å². The lowest BCUT2D eigenvalue weighted by atomic mass is 10.0. The van der Waals surface area contributed by atoms with Gasteiger partial charge in [-0.1, -0.05) is 0 Å². The zero-order valence-electron chi connectivity index (χ0n) is 11.0. The molecule has 6 nitrogen and oxygen atoms in total. The molecule has 0 aliphatic carbocycles. The van der Waals surface area contributed by atoms with E-state index in [0.29, 0.717) is 13.1 Å². The van der Waals surface area contributed by atoms with Crippen LogP contribution in [0, 0.1) is 3.70 Å². The molecular weight excluding hydrogens is 359 g/mol. The average Bonchev–Trinajstić information content (AvgIpc) is 2.39. The molecule has 104 valence electrons. The Hall–Kier alpha value is -0.960. The van der Waals surface area contributed by atoms with Crippen LogP contribution < -0.4 is 4.90 Å². The third-order valence-corrected chi connectivity index (χ3v) is 4.11. The van der Waals surface area contributed by atoms with Crippen LogP contribution in [-0.4, -0.2) is 57.9 Å². The number of hydrogen-bond donors (Lipinski definition) is 1. The minimum Gasteiger partial charge on any atom is -0.480 e. The minimum absolute atomic E-state index is 0.715. The summed E-state index contributed by atoms with van der Waals surface area (Å²) in [5.41, 5.74) is -0.816. The van der Waals surface area contributed by atoms with Gasteiger partial charge in [0.05, 0.1) is 0 Å². The van der Waals surface area contributed by atoms with E-state index in [1.807, 2.05) is 17.0 Å². The van der Waals surface area contributed by atoms with E-state index in [1.165, 1.54) is 0 Å². The highest BCUT2D eigenvalue weighted by Crippen LogP contribution is 2.20. The van der Waals surface area contributed by atoms with Gasteiger partial charge in [-0.3, -0.25) is 9.69 Å². The second-order valence-corrected chi connectivity index (χ2v) is 6.16. The van der Waals surface area contributed by atoms with Gasteiger partial charge >= 0.3 is 5.97 Å². The van der Waals surface area contributed by atoms with Crippen LogP contribution in [0.1, 0.15) is 13.8 Å². The number of rotatable bonds is 3. The van der Waals surface area contributed by atoms with Crippen LogP contribution in [0.15, 0.2) is 12.1 Å². The Kier molecular flexibility index (Phi) is 4.24. The van der Waals surface area contributed by atoms with Crippen LogP contribution in [0.25, 0.3) is 0 Å². The highest BCUT2D eigenvalue weighted by molar-refractivity contribution is 14.1. The summed E-state index contributed by atoms with van der Waals surface area (Å²) >= 11 is 2.12. The van der Waals surface area contributed by atoms with Gasteiger partial charge < -0.3 is 10.0 Å². The Bertz CT molecular complexity index is 455. The van der Waals surface area contributed by atoms with E-state index in [9.17, 15) is 9.90 Å². The largest absolute Gasteiger partial charge is 0.480 e. The summed E-state index contributed by atoms with van der Waals surface area (Å²) in [5, 5.41) is 17.4. The summed E-state index contributed by atoms with van der Waals surface area (Å²) < 4.78 is 0.868. The predicted molar refractivity (Wildman–Crippen MR) is 80.2 cm³/mol. The molecule has 0 amide bonds. The smallest absolute Gasteiger partial charge is 0.323 e. The van der Waals surface area contributed by atoms with Crippen molar-refractivity contribution in [3.8, 4) is 0 Å². The first-order valence-electron chi connectivity index (χ1n) is 6.14. The number of aromatic nitrogens is 2. The van der Waals surface area contributed by atoms with Crippen LogP contribution in [0.3, 0.4) is 0 Å². The highest BCUT2D eigenvalue weighted by Gasteiger charge is 2.36. The molecule has 1 saturated heterocycles. The van der Waals surface area contributed by atoms with Crippen molar-refractivity contribution >= 4 is 34.4 Å². The van der Waals surface area contributed by atoms with Crippen molar-refractivity contribution < 1.29 is 9.90 Å². The molecule has 0 spiro atoms. The van der Waals surface area contributed by atoms with Gasteiger partial charge in [0.1, 0.15) is 9.24 Å². The van der Waals surface area contributed by atoms with E-state index in [1.54, 1.807) is 13.8 Å². The molecule has 7 heteroatoms. The van der Waals surface area contributed by atoms with E-state index >= 15 is 0 Å². The number of hydrogen-bond acceptors (Lipinski definition) is 5. The van der Waals surface area contributed by atoms with Crippen LogP contribution in [0.4, 0.5) is 5.82 Å². The van der Waals surface area contributed by atoms with Crippen molar-refractivity contribution in [3.63, 3.8) is 0 Å².